The molecular formula is C36H62O8. The van der Waals surface area contributed by atoms with Crippen molar-refractivity contribution in [3.63, 3.8) is 0 Å². The van der Waals surface area contributed by atoms with Crippen molar-refractivity contribution in [2.75, 3.05) is 6.61 Å². The Bertz CT molecular complexity index is 1070. The van der Waals surface area contributed by atoms with Crippen LogP contribution in [-0.4, -0.2) is 85.8 Å². The smallest absolute Gasteiger partial charge is 0.186 e. The molecule has 4 aliphatic carbocycles. The van der Waals surface area contributed by atoms with Gasteiger partial charge < -0.3 is 40.1 Å². The third-order valence-corrected chi connectivity index (χ3v) is 14.3. The van der Waals surface area contributed by atoms with Gasteiger partial charge in [0.2, 0.25) is 0 Å². The maximum Gasteiger partial charge on any atom is 0.186 e. The van der Waals surface area contributed by atoms with Gasteiger partial charge in [0.1, 0.15) is 24.4 Å². The van der Waals surface area contributed by atoms with E-state index in [0.717, 1.165) is 57.8 Å². The molecule has 8 heteroatoms. The highest BCUT2D eigenvalue weighted by Crippen LogP contribution is 2.75. The van der Waals surface area contributed by atoms with E-state index in [1.165, 1.54) is 5.57 Å². The topological polar surface area (TPSA) is 140 Å². The zero-order valence-electron chi connectivity index (χ0n) is 28.5. The molecule has 6 N–H and O–H groups in total. The highest BCUT2D eigenvalue weighted by Gasteiger charge is 2.70. The van der Waals surface area contributed by atoms with Crippen molar-refractivity contribution in [1.82, 2.24) is 0 Å². The van der Waals surface area contributed by atoms with Gasteiger partial charge in [-0.3, -0.25) is 0 Å². The van der Waals surface area contributed by atoms with Gasteiger partial charge in [0.25, 0.3) is 0 Å². The molecule has 0 amide bonds. The SMILES string of the molecule is CC(=CCCC(C)(C)O)[C@H]1CC[C@]2(C)[C@@H]1[C@@H](O)C[C@@H]1[C@@]3(C)CC[C@@H](O[C@@H]4O[C@H](CO)[C@@H](O)[C@H](O)[C@H]4O)C(C)(C)C3CC[C@]12C. The number of hydrogen-bond acceptors (Lipinski definition) is 8. The molecule has 0 aromatic heterocycles. The van der Waals surface area contributed by atoms with Crippen LogP contribution in [0.15, 0.2) is 11.6 Å². The molecule has 5 rings (SSSR count). The first-order chi connectivity index (χ1) is 20.3. The van der Waals surface area contributed by atoms with E-state index in [4.69, 9.17) is 9.47 Å². The van der Waals surface area contributed by atoms with Crippen LogP contribution in [0.3, 0.4) is 0 Å². The van der Waals surface area contributed by atoms with Crippen LogP contribution < -0.4 is 0 Å². The van der Waals surface area contributed by atoms with Crippen LogP contribution in [0, 0.1) is 45.3 Å². The molecule has 8 nitrogen and oxygen atoms in total. The minimum atomic E-state index is -1.45. The first-order valence-electron chi connectivity index (χ1n) is 17.3. The summed E-state index contributed by atoms with van der Waals surface area (Å²) in [7, 11) is 0. The van der Waals surface area contributed by atoms with Crippen molar-refractivity contribution in [2.45, 2.75) is 162 Å². The maximum absolute atomic E-state index is 12.0. The normalized spacial score (nSPS) is 51.0. The fourth-order valence-corrected chi connectivity index (χ4v) is 11.6. The van der Waals surface area contributed by atoms with E-state index in [1.807, 2.05) is 13.8 Å². The highest BCUT2D eigenvalue weighted by molar-refractivity contribution is 5.22. The monoisotopic (exact) mass is 622 g/mol. The predicted molar refractivity (Wildman–Crippen MR) is 168 cm³/mol. The van der Waals surface area contributed by atoms with E-state index in [9.17, 15) is 30.6 Å². The average Bonchev–Trinajstić information content (AvgIpc) is 3.31. The van der Waals surface area contributed by atoms with Gasteiger partial charge in [-0.15, -0.1) is 0 Å². The molecular weight excluding hydrogens is 560 g/mol. The molecule has 0 radical (unpaired) electrons. The van der Waals surface area contributed by atoms with Crippen LogP contribution in [-0.2, 0) is 9.47 Å². The summed E-state index contributed by atoms with van der Waals surface area (Å²) < 4.78 is 12.2. The van der Waals surface area contributed by atoms with Gasteiger partial charge in [-0.2, -0.15) is 0 Å². The second kappa shape index (κ2) is 11.8. The molecule has 0 bridgehead atoms. The fraction of sp³-hybridized carbons (Fsp3) is 0.944. The molecule has 0 spiro atoms. The molecule has 14 atom stereocenters. The van der Waals surface area contributed by atoms with Crippen LogP contribution in [0.4, 0.5) is 0 Å². The van der Waals surface area contributed by atoms with Crippen molar-refractivity contribution in [2.24, 2.45) is 45.3 Å². The zero-order chi connectivity index (χ0) is 32.6. The summed E-state index contributed by atoms with van der Waals surface area (Å²) in [6, 6.07) is 0. The zero-order valence-corrected chi connectivity index (χ0v) is 28.5. The van der Waals surface area contributed by atoms with E-state index in [0.29, 0.717) is 17.8 Å². The summed E-state index contributed by atoms with van der Waals surface area (Å²) in [4.78, 5) is 0. The van der Waals surface area contributed by atoms with E-state index in [2.05, 4.69) is 47.6 Å². The largest absolute Gasteiger partial charge is 0.394 e. The van der Waals surface area contributed by atoms with Crippen LogP contribution in [0.5, 0.6) is 0 Å². The summed E-state index contributed by atoms with van der Waals surface area (Å²) in [6.07, 6.45) is 3.85. The molecule has 5 aliphatic rings. The Morgan fingerprint density at radius 3 is 2.18 bits per heavy atom. The quantitative estimate of drug-likeness (QED) is 0.182. The predicted octanol–water partition coefficient (Wildman–Crippen LogP) is 4.32. The second-order valence-corrected chi connectivity index (χ2v) is 17.4. The Morgan fingerprint density at radius 1 is 0.886 bits per heavy atom. The standard InChI is InChI=1S/C36H62O8/c1-20(10-9-14-32(2,3)42)21-11-16-36(8)27(21)22(38)18-25-34(6)15-13-26(33(4,5)24(34)12-17-35(25,36)7)44-31-30(41)29(40)28(39)23(19-37)43-31/h10,21-31,37-42H,9,11-19H2,1-8H3/t21-,22+,23-,24?,25-,26-,27+,28-,29+,30-,31+,34+,35-,36-/m1/s1. The Morgan fingerprint density at radius 2 is 1.55 bits per heavy atom. The minimum Gasteiger partial charge on any atom is -0.394 e. The van der Waals surface area contributed by atoms with Gasteiger partial charge in [-0.25, -0.2) is 0 Å². The first kappa shape index (κ1) is 34.7. The van der Waals surface area contributed by atoms with Gasteiger partial charge >= 0.3 is 0 Å². The molecule has 5 fully saturated rings. The number of ether oxygens (including phenoxy) is 2. The summed E-state index contributed by atoms with van der Waals surface area (Å²) >= 11 is 0. The number of aliphatic hydroxyl groups is 6. The third-order valence-electron chi connectivity index (χ3n) is 14.3. The lowest BCUT2D eigenvalue weighted by Gasteiger charge is -2.70. The lowest BCUT2D eigenvalue weighted by Crippen LogP contribution is -2.67. The highest BCUT2D eigenvalue weighted by atomic mass is 16.7. The molecule has 0 aromatic rings. The fourth-order valence-electron chi connectivity index (χ4n) is 11.6. The third kappa shape index (κ3) is 5.45. The summed E-state index contributed by atoms with van der Waals surface area (Å²) in [5.74, 6) is 1.32. The Labute approximate surface area is 265 Å². The Kier molecular flexibility index (Phi) is 9.35. The van der Waals surface area contributed by atoms with Crippen LogP contribution >= 0.6 is 0 Å². The van der Waals surface area contributed by atoms with E-state index in [1.54, 1.807) is 0 Å². The van der Waals surface area contributed by atoms with Crippen molar-refractivity contribution in [1.29, 1.82) is 0 Å². The molecule has 1 saturated heterocycles. The molecule has 1 aliphatic heterocycles. The second-order valence-electron chi connectivity index (χ2n) is 17.4. The lowest BCUT2D eigenvalue weighted by molar-refractivity contribution is -0.331. The molecule has 44 heavy (non-hydrogen) atoms. The van der Waals surface area contributed by atoms with Crippen molar-refractivity contribution < 1.29 is 40.1 Å². The molecule has 1 unspecified atom stereocenters. The Balaban J connectivity index is 1.36. The summed E-state index contributed by atoms with van der Waals surface area (Å²) in [5, 5.41) is 63.2. The van der Waals surface area contributed by atoms with E-state index >= 15 is 0 Å². The maximum atomic E-state index is 12.0. The van der Waals surface area contributed by atoms with E-state index in [-0.39, 0.29) is 39.8 Å². The van der Waals surface area contributed by atoms with Crippen LogP contribution in [0.1, 0.15) is 113 Å². The average molecular weight is 623 g/mol. The number of allylic oxidation sites excluding steroid dienone is 2. The van der Waals surface area contributed by atoms with Crippen LogP contribution in [0.25, 0.3) is 0 Å². The number of rotatable bonds is 7. The molecule has 1 heterocycles. The summed E-state index contributed by atoms with van der Waals surface area (Å²) in [6.45, 7) is 17.4. The van der Waals surface area contributed by atoms with Gasteiger partial charge in [0, 0.05) is 0 Å². The number of fused-ring (bicyclic) bond motifs is 5. The van der Waals surface area contributed by atoms with Gasteiger partial charge in [-0.1, -0.05) is 46.3 Å². The van der Waals surface area contributed by atoms with Crippen molar-refractivity contribution in [3.05, 3.63) is 11.6 Å². The van der Waals surface area contributed by atoms with Crippen molar-refractivity contribution in [3.8, 4) is 0 Å². The molecule has 0 aromatic carbocycles. The number of aliphatic hydroxyl groups excluding tert-OH is 5. The molecule has 254 valence electrons. The van der Waals surface area contributed by atoms with E-state index < -0.39 is 42.9 Å². The minimum absolute atomic E-state index is 0.0103. The van der Waals surface area contributed by atoms with Crippen molar-refractivity contribution >= 4 is 0 Å². The first-order valence-corrected chi connectivity index (χ1v) is 17.3. The lowest BCUT2D eigenvalue weighted by atomic mass is 9.35. The Hall–Kier alpha value is -0.580. The van der Waals surface area contributed by atoms with Gasteiger partial charge in [0.05, 0.1) is 24.4 Å². The van der Waals surface area contributed by atoms with Crippen LogP contribution in [0.2, 0.25) is 0 Å². The number of hydrogen-bond donors (Lipinski definition) is 6. The molecule has 4 saturated carbocycles. The summed E-state index contributed by atoms with van der Waals surface area (Å²) in [5.41, 5.74) is 0.589. The van der Waals surface area contributed by atoms with Gasteiger partial charge in [-0.05, 0) is 124 Å². The van der Waals surface area contributed by atoms with Gasteiger partial charge in [0.15, 0.2) is 6.29 Å².